The van der Waals surface area contributed by atoms with Crippen LogP contribution >= 0.6 is 12.8 Å². The van der Waals surface area contributed by atoms with Crippen LogP contribution in [-0.4, -0.2) is 5.97 Å². The predicted molar refractivity (Wildman–Crippen MR) is 63.7 cm³/mol. The SMILES string of the molecule is CC(C)C(=O)OCc1ccc(NS)cc1. The summed E-state index contributed by atoms with van der Waals surface area (Å²) in [6.07, 6.45) is 0. The average Bonchev–Trinajstić information content (AvgIpc) is 2.26. The van der Waals surface area contributed by atoms with E-state index in [-0.39, 0.29) is 11.9 Å². The number of hydrogen-bond donors (Lipinski definition) is 2. The Hall–Kier alpha value is -1.16. The Morgan fingerprint density at radius 3 is 2.47 bits per heavy atom. The van der Waals surface area contributed by atoms with Crippen LogP contribution in [0.2, 0.25) is 0 Å². The van der Waals surface area contributed by atoms with Crippen LogP contribution in [0.15, 0.2) is 24.3 Å². The van der Waals surface area contributed by atoms with Gasteiger partial charge in [0.05, 0.1) is 5.92 Å². The Morgan fingerprint density at radius 2 is 2.00 bits per heavy atom. The third-order valence-corrected chi connectivity index (χ3v) is 2.19. The molecule has 0 aliphatic heterocycles. The second kappa shape index (κ2) is 5.66. The third kappa shape index (κ3) is 3.83. The number of carbonyl (C=O) groups is 1. The Labute approximate surface area is 95.4 Å². The molecule has 4 heteroatoms. The Morgan fingerprint density at radius 1 is 1.40 bits per heavy atom. The molecule has 0 fully saturated rings. The van der Waals surface area contributed by atoms with Gasteiger partial charge in [-0.25, -0.2) is 0 Å². The van der Waals surface area contributed by atoms with Gasteiger partial charge in [-0.05, 0) is 17.7 Å². The number of thiol groups is 1. The van der Waals surface area contributed by atoms with Crippen LogP contribution in [0.5, 0.6) is 0 Å². The van der Waals surface area contributed by atoms with E-state index in [1.54, 1.807) is 0 Å². The fraction of sp³-hybridized carbons (Fsp3) is 0.364. The van der Waals surface area contributed by atoms with Gasteiger partial charge >= 0.3 is 5.97 Å². The van der Waals surface area contributed by atoms with Crippen molar-refractivity contribution in [1.29, 1.82) is 0 Å². The summed E-state index contributed by atoms with van der Waals surface area (Å²) in [5, 5.41) is 0. The zero-order valence-electron chi connectivity index (χ0n) is 8.86. The average molecular weight is 225 g/mol. The van der Waals surface area contributed by atoms with E-state index in [9.17, 15) is 4.79 Å². The number of carbonyl (C=O) groups excluding carboxylic acids is 1. The molecule has 0 spiro atoms. The molecule has 82 valence electrons. The van der Waals surface area contributed by atoms with Crippen LogP contribution in [-0.2, 0) is 16.1 Å². The number of hydrogen-bond acceptors (Lipinski definition) is 4. The van der Waals surface area contributed by atoms with Crippen LogP contribution in [0.25, 0.3) is 0 Å². The number of benzene rings is 1. The van der Waals surface area contributed by atoms with Gasteiger partial charge in [0.15, 0.2) is 0 Å². The van der Waals surface area contributed by atoms with Gasteiger partial charge in [0.25, 0.3) is 0 Å². The number of anilines is 1. The molecule has 0 saturated carbocycles. The minimum absolute atomic E-state index is 0.0802. The highest BCUT2D eigenvalue weighted by molar-refractivity contribution is 7.81. The van der Waals surface area contributed by atoms with Gasteiger partial charge in [-0.15, -0.1) is 0 Å². The van der Waals surface area contributed by atoms with Gasteiger partial charge < -0.3 is 9.46 Å². The monoisotopic (exact) mass is 225 g/mol. The maximum atomic E-state index is 11.2. The topological polar surface area (TPSA) is 38.3 Å². The van der Waals surface area contributed by atoms with Crippen LogP contribution in [0, 0.1) is 5.92 Å². The highest BCUT2D eigenvalue weighted by Gasteiger charge is 2.07. The smallest absolute Gasteiger partial charge is 0.308 e. The summed E-state index contributed by atoms with van der Waals surface area (Å²) in [7, 11) is 0. The molecule has 0 unspecified atom stereocenters. The van der Waals surface area contributed by atoms with Crippen molar-refractivity contribution < 1.29 is 9.53 Å². The molecule has 0 radical (unpaired) electrons. The first-order chi connectivity index (χ1) is 7.13. The molecule has 3 nitrogen and oxygen atoms in total. The van der Waals surface area contributed by atoms with Crippen LogP contribution in [0.3, 0.4) is 0 Å². The lowest BCUT2D eigenvalue weighted by Crippen LogP contribution is -2.11. The van der Waals surface area contributed by atoms with Crippen molar-refractivity contribution in [3.63, 3.8) is 0 Å². The Balaban J connectivity index is 2.47. The highest BCUT2D eigenvalue weighted by Crippen LogP contribution is 2.11. The lowest BCUT2D eigenvalue weighted by Gasteiger charge is -2.07. The molecule has 0 aromatic heterocycles. The first-order valence-electron chi connectivity index (χ1n) is 4.79. The quantitative estimate of drug-likeness (QED) is 0.611. The summed E-state index contributed by atoms with van der Waals surface area (Å²) in [4.78, 5) is 11.2. The maximum Gasteiger partial charge on any atom is 0.308 e. The molecule has 0 saturated heterocycles. The van der Waals surface area contributed by atoms with Crippen molar-refractivity contribution in [2.45, 2.75) is 20.5 Å². The fourth-order valence-corrected chi connectivity index (χ4v) is 1.15. The van der Waals surface area contributed by atoms with Crippen molar-refractivity contribution >= 4 is 24.5 Å². The lowest BCUT2D eigenvalue weighted by atomic mass is 10.2. The standard InChI is InChI=1S/C11H15NO2S/c1-8(2)11(13)14-7-9-3-5-10(12-15)6-4-9/h3-6,8,12,15H,7H2,1-2H3. The number of esters is 1. The molecule has 0 heterocycles. The molecule has 15 heavy (non-hydrogen) atoms. The van der Waals surface area contributed by atoms with Gasteiger partial charge in [-0.3, -0.25) is 4.79 Å². The van der Waals surface area contributed by atoms with E-state index >= 15 is 0 Å². The summed E-state index contributed by atoms with van der Waals surface area (Å²) < 4.78 is 7.81. The second-order valence-electron chi connectivity index (χ2n) is 3.57. The van der Waals surface area contributed by atoms with Gasteiger partial charge in [0, 0.05) is 5.69 Å². The van der Waals surface area contributed by atoms with Crippen molar-refractivity contribution in [2.75, 3.05) is 4.72 Å². The minimum atomic E-state index is -0.175. The van der Waals surface area contributed by atoms with Crippen molar-refractivity contribution in [3.05, 3.63) is 29.8 Å². The van der Waals surface area contributed by atoms with E-state index in [0.29, 0.717) is 6.61 Å². The molecular formula is C11H15NO2S. The molecule has 0 amide bonds. The zero-order chi connectivity index (χ0) is 11.3. The van der Waals surface area contributed by atoms with Gasteiger partial charge in [-0.1, -0.05) is 38.8 Å². The van der Waals surface area contributed by atoms with E-state index in [2.05, 4.69) is 17.5 Å². The lowest BCUT2D eigenvalue weighted by molar-refractivity contribution is -0.148. The van der Waals surface area contributed by atoms with Crippen LogP contribution < -0.4 is 4.72 Å². The summed E-state index contributed by atoms with van der Waals surface area (Å²) in [5.41, 5.74) is 1.88. The molecule has 1 rings (SSSR count). The number of ether oxygens (including phenoxy) is 1. The van der Waals surface area contributed by atoms with Crippen molar-refractivity contribution in [1.82, 2.24) is 0 Å². The molecule has 1 aromatic carbocycles. The largest absolute Gasteiger partial charge is 0.461 e. The van der Waals surface area contributed by atoms with E-state index in [4.69, 9.17) is 4.74 Å². The first-order valence-corrected chi connectivity index (χ1v) is 5.24. The molecule has 1 N–H and O–H groups in total. The summed E-state index contributed by atoms with van der Waals surface area (Å²) in [6, 6.07) is 7.55. The van der Waals surface area contributed by atoms with Gasteiger partial charge in [0.1, 0.15) is 6.61 Å². The Bertz CT molecular complexity index is 322. The predicted octanol–water partition coefficient (Wildman–Crippen LogP) is 2.64. The van der Waals surface area contributed by atoms with E-state index < -0.39 is 0 Å². The van der Waals surface area contributed by atoms with Crippen molar-refractivity contribution in [2.24, 2.45) is 5.92 Å². The van der Waals surface area contributed by atoms with Gasteiger partial charge in [-0.2, -0.15) is 0 Å². The minimum Gasteiger partial charge on any atom is -0.461 e. The van der Waals surface area contributed by atoms with E-state index in [1.165, 1.54) is 0 Å². The first kappa shape index (κ1) is 11.9. The van der Waals surface area contributed by atoms with Crippen LogP contribution in [0.4, 0.5) is 5.69 Å². The zero-order valence-corrected chi connectivity index (χ0v) is 9.75. The summed E-state index contributed by atoms with van der Waals surface area (Å²) >= 11 is 3.92. The summed E-state index contributed by atoms with van der Waals surface area (Å²) in [5.74, 6) is -0.255. The van der Waals surface area contributed by atoms with Crippen molar-refractivity contribution in [3.8, 4) is 0 Å². The summed E-state index contributed by atoms with van der Waals surface area (Å²) in [6.45, 7) is 3.95. The highest BCUT2D eigenvalue weighted by atomic mass is 32.1. The fourth-order valence-electron chi connectivity index (χ4n) is 0.997. The molecule has 0 aliphatic carbocycles. The normalized spacial score (nSPS) is 10.1. The molecule has 0 atom stereocenters. The van der Waals surface area contributed by atoms with E-state index in [0.717, 1.165) is 11.3 Å². The van der Waals surface area contributed by atoms with Gasteiger partial charge in [0.2, 0.25) is 0 Å². The number of nitrogens with one attached hydrogen (secondary N) is 1. The number of rotatable bonds is 4. The molecule has 1 aromatic rings. The molecule has 0 aliphatic rings. The van der Waals surface area contributed by atoms with Crippen LogP contribution in [0.1, 0.15) is 19.4 Å². The molecular weight excluding hydrogens is 210 g/mol. The maximum absolute atomic E-state index is 11.2. The van der Waals surface area contributed by atoms with E-state index in [1.807, 2.05) is 38.1 Å². The Kier molecular flexibility index (Phi) is 4.49. The third-order valence-electron chi connectivity index (χ3n) is 1.94. The second-order valence-corrected chi connectivity index (χ2v) is 3.79. The molecule has 0 bridgehead atoms.